The van der Waals surface area contributed by atoms with Crippen LogP contribution in [0.1, 0.15) is 46.0 Å². The zero-order valence-corrected chi connectivity index (χ0v) is 17.9. The van der Waals surface area contributed by atoms with Gasteiger partial charge in [0.05, 0.1) is 13.2 Å². The topological polar surface area (TPSA) is 77.4 Å². The van der Waals surface area contributed by atoms with Crippen LogP contribution >= 0.6 is 0 Å². The molecule has 0 aliphatic carbocycles. The Morgan fingerprint density at radius 3 is 2.00 bits per heavy atom. The van der Waals surface area contributed by atoms with E-state index in [1.54, 1.807) is 0 Å². The smallest absolute Gasteiger partial charge is 0.184 e. The average molecular weight is 414 g/mol. The van der Waals surface area contributed by atoms with Gasteiger partial charge in [0, 0.05) is 11.1 Å². The summed E-state index contributed by atoms with van der Waals surface area (Å²) in [5.41, 5.74) is 6.43. The van der Waals surface area contributed by atoms with E-state index in [2.05, 4.69) is 6.92 Å². The fourth-order valence-electron chi connectivity index (χ4n) is 3.93. The Bertz CT molecular complexity index is 895. The van der Waals surface area contributed by atoms with Crippen molar-refractivity contribution in [1.29, 1.82) is 0 Å². The largest absolute Gasteiger partial charge is 0.394 e. The molecule has 0 saturated carbocycles. The van der Waals surface area contributed by atoms with E-state index in [1.165, 1.54) is 11.1 Å². The minimum absolute atomic E-state index is 0.307. The van der Waals surface area contributed by atoms with Crippen molar-refractivity contribution in [1.82, 2.24) is 0 Å². The zero-order valence-electron chi connectivity index (χ0n) is 17.9. The summed E-state index contributed by atoms with van der Waals surface area (Å²) in [5.74, 6) is 0. The lowest BCUT2D eigenvalue weighted by atomic mass is 9.98. The Kier molecular flexibility index (Phi) is 6.25. The van der Waals surface area contributed by atoms with Gasteiger partial charge < -0.3 is 29.2 Å². The number of fused-ring (bicyclic) bond motifs is 1. The van der Waals surface area contributed by atoms with Crippen LogP contribution in [0.3, 0.4) is 0 Å². The predicted octanol–water partition coefficient (Wildman–Crippen LogP) is 3.17. The molecule has 6 nitrogen and oxygen atoms in total. The van der Waals surface area contributed by atoms with Gasteiger partial charge in [0.15, 0.2) is 12.6 Å². The van der Waals surface area contributed by atoms with E-state index >= 15 is 0 Å². The molecular weight excluding hydrogens is 384 g/mol. The summed E-state index contributed by atoms with van der Waals surface area (Å²) in [5, 5.41) is 20.1. The highest BCUT2D eigenvalue weighted by molar-refractivity contribution is 5.32. The maximum absolute atomic E-state index is 10.5. The molecule has 0 amide bonds. The summed E-state index contributed by atoms with van der Waals surface area (Å²) >= 11 is 0. The fraction of sp³-hybridized carbons (Fsp3) is 0.500. The number of aryl methyl sites for hydroxylation is 4. The van der Waals surface area contributed by atoms with Crippen LogP contribution in [0.2, 0.25) is 0 Å². The molecule has 2 saturated heterocycles. The molecule has 6 atom stereocenters. The lowest BCUT2D eigenvalue weighted by molar-refractivity contribution is -0.373. The minimum Gasteiger partial charge on any atom is -0.394 e. The molecule has 0 aromatic heterocycles. The quantitative estimate of drug-likeness (QED) is 0.800. The Morgan fingerprint density at radius 2 is 1.43 bits per heavy atom. The number of rotatable bonds is 4. The molecule has 0 spiro atoms. The summed E-state index contributed by atoms with van der Waals surface area (Å²) in [6.07, 6.45) is -4.05. The summed E-state index contributed by atoms with van der Waals surface area (Å²) in [6, 6.07) is 12.1. The first-order valence-electron chi connectivity index (χ1n) is 10.4. The van der Waals surface area contributed by atoms with E-state index in [9.17, 15) is 10.2 Å². The molecule has 162 valence electrons. The molecule has 2 aromatic carbocycles. The van der Waals surface area contributed by atoms with Gasteiger partial charge in [-0.05, 0) is 49.9 Å². The van der Waals surface area contributed by atoms with E-state index in [-0.39, 0.29) is 0 Å². The first-order valence-corrected chi connectivity index (χ1v) is 10.4. The molecule has 2 heterocycles. The van der Waals surface area contributed by atoms with Gasteiger partial charge >= 0.3 is 0 Å². The van der Waals surface area contributed by atoms with Gasteiger partial charge in [-0.25, -0.2) is 0 Å². The number of benzene rings is 2. The first-order chi connectivity index (χ1) is 14.4. The van der Waals surface area contributed by atoms with Gasteiger partial charge in [0.25, 0.3) is 0 Å². The predicted molar refractivity (Wildman–Crippen MR) is 111 cm³/mol. The fourth-order valence-corrected chi connectivity index (χ4v) is 3.93. The van der Waals surface area contributed by atoms with Crippen molar-refractivity contribution in [2.75, 3.05) is 13.2 Å². The van der Waals surface area contributed by atoms with Crippen molar-refractivity contribution in [3.05, 3.63) is 69.8 Å². The second-order valence-corrected chi connectivity index (χ2v) is 8.31. The third kappa shape index (κ3) is 4.17. The van der Waals surface area contributed by atoms with Crippen LogP contribution in [-0.2, 0) is 18.9 Å². The lowest BCUT2D eigenvalue weighted by Gasteiger charge is -2.47. The highest BCUT2D eigenvalue weighted by Crippen LogP contribution is 2.39. The third-order valence-corrected chi connectivity index (χ3v) is 6.13. The van der Waals surface area contributed by atoms with Crippen LogP contribution in [0.5, 0.6) is 0 Å². The van der Waals surface area contributed by atoms with E-state index in [0.29, 0.717) is 6.61 Å². The summed E-state index contributed by atoms with van der Waals surface area (Å²) < 4.78 is 24.4. The molecule has 2 aliphatic heterocycles. The highest BCUT2D eigenvalue weighted by Gasteiger charge is 2.48. The SMILES string of the molecule is Cc1ccc(C2OC[C@H]3OC(c4ccc(C)c(C)c4)O[C@@H]([C@@H](O)CO)[C@H]3O2)cc1C. The number of ether oxygens (including phenoxy) is 4. The van der Waals surface area contributed by atoms with Crippen LogP contribution in [0.25, 0.3) is 0 Å². The zero-order chi connectivity index (χ0) is 21.4. The van der Waals surface area contributed by atoms with Crippen molar-refractivity contribution in [2.45, 2.75) is 64.7 Å². The Balaban J connectivity index is 1.57. The van der Waals surface area contributed by atoms with Gasteiger partial charge in [0.1, 0.15) is 24.4 Å². The summed E-state index contributed by atoms with van der Waals surface area (Å²) in [6.45, 7) is 8.07. The molecule has 30 heavy (non-hydrogen) atoms. The van der Waals surface area contributed by atoms with Gasteiger partial charge in [-0.3, -0.25) is 0 Å². The highest BCUT2D eigenvalue weighted by atomic mass is 16.8. The van der Waals surface area contributed by atoms with Gasteiger partial charge in [-0.2, -0.15) is 0 Å². The molecule has 6 heteroatoms. The van der Waals surface area contributed by atoms with Gasteiger partial charge in [-0.1, -0.05) is 36.4 Å². The average Bonchev–Trinajstić information content (AvgIpc) is 2.75. The Morgan fingerprint density at radius 1 is 0.833 bits per heavy atom. The maximum Gasteiger partial charge on any atom is 0.184 e. The van der Waals surface area contributed by atoms with Crippen molar-refractivity contribution < 1.29 is 29.2 Å². The van der Waals surface area contributed by atoms with E-state index < -0.39 is 43.6 Å². The molecule has 2 aliphatic rings. The van der Waals surface area contributed by atoms with Crippen molar-refractivity contribution >= 4 is 0 Å². The summed E-state index contributed by atoms with van der Waals surface area (Å²) in [7, 11) is 0. The van der Waals surface area contributed by atoms with Gasteiger partial charge in [-0.15, -0.1) is 0 Å². The number of aliphatic hydroxyl groups is 2. The molecule has 2 aromatic rings. The van der Waals surface area contributed by atoms with Crippen molar-refractivity contribution in [3.63, 3.8) is 0 Å². The van der Waals surface area contributed by atoms with Crippen LogP contribution in [0, 0.1) is 27.7 Å². The van der Waals surface area contributed by atoms with Crippen LogP contribution in [0.15, 0.2) is 36.4 Å². The lowest BCUT2D eigenvalue weighted by Crippen LogP contribution is -2.58. The number of aliphatic hydroxyl groups excluding tert-OH is 2. The molecule has 2 fully saturated rings. The molecule has 0 radical (unpaired) electrons. The third-order valence-electron chi connectivity index (χ3n) is 6.13. The van der Waals surface area contributed by atoms with Gasteiger partial charge in [0.2, 0.25) is 0 Å². The molecule has 2 unspecified atom stereocenters. The van der Waals surface area contributed by atoms with Crippen LogP contribution in [0.4, 0.5) is 0 Å². The first kappa shape index (κ1) is 21.4. The molecule has 2 N–H and O–H groups in total. The van der Waals surface area contributed by atoms with Crippen LogP contribution in [-0.4, -0.2) is 47.8 Å². The number of hydrogen-bond acceptors (Lipinski definition) is 6. The Hall–Kier alpha value is -1.80. The second kappa shape index (κ2) is 8.75. The minimum atomic E-state index is -1.09. The van der Waals surface area contributed by atoms with E-state index in [1.807, 2.05) is 57.2 Å². The van der Waals surface area contributed by atoms with Crippen LogP contribution < -0.4 is 0 Å². The van der Waals surface area contributed by atoms with E-state index in [4.69, 9.17) is 18.9 Å². The molecular formula is C24H30O6. The molecule has 4 rings (SSSR count). The van der Waals surface area contributed by atoms with Crippen molar-refractivity contribution in [3.8, 4) is 0 Å². The standard InChI is InChI=1S/C24H30O6/c1-13-5-7-17(9-15(13)3)23-27-12-20-22(30-23)21(19(26)11-25)29-24(28-20)18-8-6-14(2)16(4)10-18/h5-10,19-26H,11-12H2,1-4H3/t19-,20+,21-,22-,23?,24?/m0/s1. The second-order valence-electron chi connectivity index (χ2n) is 8.31. The maximum atomic E-state index is 10.5. The number of hydrogen-bond donors (Lipinski definition) is 2. The summed E-state index contributed by atoms with van der Waals surface area (Å²) in [4.78, 5) is 0. The van der Waals surface area contributed by atoms with E-state index in [0.717, 1.165) is 22.3 Å². The monoisotopic (exact) mass is 414 g/mol. The van der Waals surface area contributed by atoms with Crippen molar-refractivity contribution in [2.24, 2.45) is 0 Å². The molecule has 0 bridgehead atoms. The Labute approximate surface area is 177 Å². The normalized spacial score (nSPS) is 30.0.